The molecule has 0 amide bonds. The highest BCUT2D eigenvalue weighted by Gasteiger charge is 2.70. The maximum absolute atomic E-state index is 3.67. The van der Waals surface area contributed by atoms with Crippen LogP contribution >= 0.6 is 0 Å². The van der Waals surface area contributed by atoms with Crippen LogP contribution in [-0.4, -0.2) is 12.6 Å². The summed E-state index contributed by atoms with van der Waals surface area (Å²) >= 11 is 0. The maximum Gasteiger partial charge on any atom is 0.0109 e. The highest BCUT2D eigenvalue weighted by Crippen LogP contribution is 2.71. The first-order valence-corrected chi connectivity index (χ1v) is 5.26. The van der Waals surface area contributed by atoms with Crippen molar-refractivity contribution < 1.29 is 0 Å². The molecule has 3 aliphatic rings. The van der Waals surface area contributed by atoms with E-state index in [0.717, 1.165) is 23.3 Å². The van der Waals surface area contributed by atoms with Crippen molar-refractivity contribution >= 4 is 0 Å². The van der Waals surface area contributed by atoms with Gasteiger partial charge in [-0.05, 0) is 42.1 Å². The van der Waals surface area contributed by atoms with E-state index < -0.39 is 0 Å². The standard InChI is InChI=1S/C11H19N/c1-10(2)4-8-9-7(5-12-8)11(9,3)6-10/h7-9,12H,4-6H2,1-3H3. The zero-order chi connectivity index (χ0) is 8.56. The number of fused-ring (bicyclic) bond motifs is 1. The summed E-state index contributed by atoms with van der Waals surface area (Å²) in [5.41, 5.74) is 1.33. The topological polar surface area (TPSA) is 12.0 Å². The first kappa shape index (κ1) is 7.37. The third-order valence-electron chi connectivity index (χ3n) is 4.60. The second kappa shape index (κ2) is 1.75. The van der Waals surface area contributed by atoms with Gasteiger partial charge >= 0.3 is 0 Å². The van der Waals surface area contributed by atoms with Gasteiger partial charge in [-0.3, -0.25) is 0 Å². The Hall–Kier alpha value is -0.0400. The molecular formula is C11H19N. The molecule has 1 heterocycles. The van der Waals surface area contributed by atoms with Crippen molar-refractivity contribution in [1.29, 1.82) is 0 Å². The van der Waals surface area contributed by atoms with Crippen LogP contribution in [-0.2, 0) is 0 Å². The van der Waals surface area contributed by atoms with Gasteiger partial charge in [0.05, 0.1) is 0 Å². The maximum atomic E-state index is 3.67. The monoisotopic (exact) mass is 165 g/mol. The van der Waals surface area contributed by atoms with Crippen molar-refractivity contribution in [3.05, 3.63) is 0 Å². The van der Waals surface area contributed by atoms with Crippen LogP contribution in [0.3, 0.4) is 0 Å². The summed E-state index contributed by atoms with van der Waals surface area (Å²) in [5, 5.41) is 3.67. The van der Waals surface area contributed by atoms with Gasteiger partial charge in [0.25, 0.3) is 0 Å². The van der Waals surface area contributed by atoms with Crippen molar-refractivity contribution in [2.24, 2.45) is 22.7 Å². The van der Waals surface area contributed by atoms with Crippen LogP contribution in [0.25, 0.3) is 0 Å². The molecule has 2 saturated carbocycles. The van der Waals surface area contributed by atoms with Crippen LogP contribution in [0.4, 0.5) is 0 Å². The molecule has 0 aromatic heterocycles. The first-order chi connectivity index (χ1) is 5.53. The fourth-order valence-electron chi connectivity index (χ4n) is 4.35. The molecule has 12 heavy (non-hydrogen) atoms. The van der Waals surface area contributed by atoms with Crippen molar-refractivity contribution in [1.82, 2.24) is 5.32 Å². The Bertz CT molecular complexity index is 233. The minimum atomic E-state index is 0.595. The molecule has 4 unspecified atom stereocenters. The van der Waals surface area contributed by atoms with Gasteiger partial charge in [0.15, 0.2) is 0 Å². The highest BCUT2D eigenvalue weighted by molar-refractivity contribution is 5.21. The lowest BCUT2D eigenvalue weighted by Gasteiger charge is -2.39. The van der Waals surface area contributed by atoms with Crippen molar-refractivity contribution in [3.8, 4) is 0 Å². The number of nitrogens with one attached hydrogen (secondary N) is 1. The molecule has 3 rings (SSSR count). The molecule has 1 heteroatoms. The molecule has 3 fully saturated rings. The minimum absolute atomic E-state index is 0.595. The number of hydrogen-bond donors (Lipinski definition) is 1. The molecular weight excluding hydrogens is 146 g/mol. The number of piperidine rings is 1. The lowest BCUT2D eigenvalue weighted by atomic mass is 9.70. The molecule has 1 aliphatic heterocycles. The Morgan fingerprint density at radius 1 is 1.25 bits per heavy atom. The van der Waals surface area contributed by atoms with Gasteiger partial charge in [-0.25, -0.2) is 0 Å². The number of rotatable bonds is 0. The van der Waals surface area contributed by atoms with Crippen molar-refractivity contribution in [2.45, 2.75) is 39.7 Å². The largest absolute Gasteiger partial charge is 0.313 e. The lowest BCUT2D eigenvalue weighted by molar-refractivity contribution is 0.134. The summed E-state index contributed by atoms with van der Waals surface area (Å²) in [5.74, 6) is 2.08. The average Bonchev–Trinajstić information content (AvgIpc) is 2.35. The third kappa shape index (κ3) is 0.693. The summed E-state index contributed by atoms with van der Waals surface area (Å²) < 4.78 is 0. The Balaban J connectivity index is 1.93. The van der Waals surface area contributed by atoms with Crippen LogP contribution in [0.2, 0.25) is 0 Å². The van der Waals surface area contributed by atoms with E-state index in [1.165, 1.54) is 19.4 Å². The highest BCUT2D eigenvalue weighted by atomic mass is 15.1. The first-order valence-electron chi connectivity index (χ1n) is 5.26. The molecule has 1 nitrogen and oxygen atoms in total. The van der Waals surface area contributed by atoms with Gasteiger partial charge in [0, 0.05) is 6.04 Å². The van der Waals surface area contributed by atoms with Crippen LogP contribution in [0.5, 0.6) is 0 Å². The van der Waals surface area contributed by atoms with Crippen LogP contribution in [0.15, 0.2) is 0 Å². The Kier molecular flexibility index (Phi) is 1.07. The fraction of sp³-hybridized carbons (Fsp3) is 1.00. The fourth-order valence-corrected chi connectivity index (χ4v) is 4.35. The molecule has 0 spiro atoms. The van der Waals surface area contributed by atoms with E-state index in [2.05, 4.69) is 26.1 Å². The summed E-state index contributed by atoms with van der Waals surface area (Å²) in [6.45, 7) is 8.69. The van der Waals surface area contributed by atoms with E-state index in [4.69, 9.17) is 0 Å². The molecule has 1 N–H and O–H groups in total. The summed E-state index contributed by atoms with van der Waals surface area (Å²) in [4.78, 5) is 0. The second-order valence-corrected chi connectivity index (χ2v) is 6.20. The molecule has 1 saturated heterocycles. The van der Waals surface area contributed by atoms with E-state index in [-0.39, 0.29) is 0 Å². The molecule has 0 radical (unpaired) electrons. The van der Waals surface area contributed by atoms with Crippen LogP contribution < -0.4 is 5.32 Å². The molecule has 0 aromatic rings. The normalized spacial score (nSPS) is 59.8. The van der Waals surface area contributed by atoms with Gasteiger partial charge in [-0.1, -0.05) is 20.8 Å². The third-order valence-corrected chi connectivity index (χ3v) is 4.60. The van der Waals surface area contributed by atoms with Gasteiger partial charge in [0.1, 0.15) is 0 Å². The zero-order valence-corrected chi connectivity index (χ0v) is 8.35. The SMILES string of the molecule is CC1(C)CC2NCC3C2C3(C)C1. The van der Waals surface area contributed by atoms with E-state index in [0.29, 0.717) is 5.41 Å². The van der Waals surface area contributed by atoms with E-state index in [1.54, 1.807) is 0 Å². The van der Waals surface area contributed by atoms with Crippen LogP contribution in [0, 0.1) is 22.7 Å². The number of hydrogen-bond acceptors (Lipinski definition) is 1. The predicted molar refractivity (Wildman–Crippen MR) is 49.9 cm³/mol. The van der Waals surface area contributed by atoms with E-state index in [9.17, 15) is 0 Å². The van der Waals surface area contributed by atoms with E-state index >= 15 is 0 Å². The van der Waals surface area contributed by atoms with Gasteiger partial charge in [-0.2, -0.15) is 0 Å². The van der Waals surface area contributed by atoms with Crippen molar-refractivity contribution in [2.75, 3.05) is 6.54 Å². The van der Waals surface area contributed by atoms with Crippen molar-refractivity contribution in [3.63, 3.8) is 0 Å². The zero-order valence-electron chi connectivity index (χ0n) is 8.35. The van der Waals surface area contributed by atoms with Gasteiger partial charge < -0.3 is 5.32 Å². The molecule has 2 aliphatic carbocycles. The average molecular weight is 165 g/mol. The molecule has 0 aromatic carbocycles. The summed E-state index contributed by atoms with van der Waals surface area (Å²) in [7, 11) is 0. The Morgan fingerprint density at radius 3 is 2.67 bits per heavy atom. The van der Waals surface area contributed by atoms with Gasteiger partial charge in [0.2, 0.25) is 0 Å². The second-order valence-electron chi connectivity index (χ2n) is 6.20. The molecule has 68 valence electrons. The Morgan fingerprint density at radius 2 is 2.00 bits per heavy atom. The Labute approximate surface area is 74.9 Å². The summed E-state index contributed by atoms with van der Waals surface area (Å²) in [6.07, 6.45) is 2.87. The summed E-state index contributed by atoms with van der Waals surface area (Å²) in [6, 6.07) is 0.865. The smallest absolute Gasteiger partial charge is 0.0109 e. The predicted octanol–water partition coefficient (Wildman–Crippen LogP) is 2.03. The van der Waals surface area contributed by atoms with Crippen LogP contribution in [0.1, 0.15) is 33.6 Å². The molecule has 4 atom stereocenters. The lowest BCUT2D eigenvalue weighted by Crippen LogP contribution is -2.41. The minimum Gasteiger partial charge on any atom is -0.313 e. The van der Waals surface area contributed by atoms with E-state index in [1.807, 2.05) is 0 Å². The van der Waals surface area contributed by atoms with Gasteiger partial charge in [-0.15, -0.1) is 0 Å². The molecule has 0 bridgehead atoms. The quantitative estimate of drug-likeness (QED) is 0.579.